The minimum atomic E-state index is -2.35. The Kier molecular flexibility index (Phi) is 9.07. The standard InChI is InChI=1S/C43H40Cl2F3N7O2/c1-21-29-16-34(33-15-27(20-54(33)43(56)22-7-8-22)57-35-14-26(9-11-50-35)53-18-25(19-53)42(47)48)55(40-24-13-32(40)51-17-24)41(29)30-12-23(4-3-10-49)36(38(46)39(30)52-21)28-5-2-6-31(44)37(28)45/h2,5-6,9,11-12,14,16,22,24-25,27,32-33,40,42,51H,3-4,7-8,13,15,17-20H2,1H3. The van der Waals surface area contributed by atoms with E-state index in [-0.39, 0.29) is 71.7 Å². The molecule has 294 valence electrons. The van der Waals surface area contributed by atoms with Gasteiger partial charge in [-0.15, -0.1) is 0 Å². The number of hydrogen-bond acceptors (Lipinski definition) is 7. The van der Waals surface area contributed by atoms with E-state index >= 15 is 4.39 Å². The van der Waals surface area contributed by atoms with Crippen molar-refractivity contribution in [2.45, 2.75) is 76.1 Å². The molecule has 9 nitrogen and oxygen atoms in total. The van der Waals surface area contributed by atoms with E-state index in [1.54, 1.807) is 36.5 Å². The number of aromatic nitrogens is 3. The molecule has 5 aromatic rings. The zero-order valence-electron chi connectivity index (χ0n) is 31.2. The number of carbonyl (C=O) groups excluding carboxylic acids is 1. The van der Waals surface area contributed by atoms with Gasteiger partial charge in [-0.1, -0.05) is 35.3 Å². The topological polar surface area (TPSA) is 99.3 Å². The van der Waals surface area contributed by atoms with E-state index in [1.807, 2.05) is 22.8 Å². The van der Waals surface area contributed by atoms with E-state index in [4.69, 9.17) is 32.9 Å². The van der Waals surface area contributed by atoms with Crippen LogP contribution in [0.4, 0.5) is 18.9 Å². The average molecular weight is 815 g/mol. The molecule has 1 amide bonds. The number of ether oxygens (including phenoxy) is 1. The number of aryl methyl sites for hydroxylation is 2. The summed E-state index contributed by atoms with van der Waals surface area (Å²) in [4.78, 5) is 27.4. The van der Waals surface area contributed by atoms with Crippen molar-refractivity contribution in [3.63, 3.8) is 0 Å². The first-order valence-electron chi connectivity index (χ1n) is 19.8. The summed E-state index contributed by atoms with van der Waals surface area (Å²) < 4.78 is 52.6. The Balaban J connectivity index is 1.10. The predicted octanol–water partition coefficient (Wildman–Crippen LogP) is 8.83. The van der Waals surface area contributed by atoms with Gasteiger partial charge in [0.1, 0.15) is 11.6 Å². The van der Waals surface area contributed by atoms with Crippen LogP contribution in [-0.4, -0.2) is 70.1 Å². The third-order valence-corrected chi connectivity index (χ3v) is 13.7. The molecular formula is C43H40Cl2F3N7O2. The average Bonchev–Trinajstić information content (AvgIpc) is 3.45. The third kappa shape index (κ3) is 6.11. The number of nitrogens with one attached hydrogen (secondary N) is 1. The molecule has 6 fully saturated rings. The molecule has 2 aromatic carbocycles. The predicted molar refractivity (Wildman–Crippen MR) is 212 cm³/mol. The smallest absolute Gasteiger partial charge is 0.244 e. The molecule has 2 saturated carbocycles. The quantitative estimate of drug-likeness (QED) is 0.151. The van der Waals surface area contributed by atoms with Crippen LogP contribution in [0.15, 0.2) is 48.7 Å². The fourth-order valence-electron chi connectivity index (χ4n) is 9.78. The van der Waals surface area contributed by atoms with Crippen LogP contribution in [0, 0.1) is 41.8 Å². The monoisotopic (exact) mass is 813 g/mol. The summed E-state index contributed by atoms with van der Waals surface area (Å²) in [5.74, 6) is -0.338. The number of anilines is 1. The second-order valence-corrected chi connectivity index (χ2v) is 17.2. The van der Waals surface area contributed by atoms with Crippen molar-refractivity contribution in [3.05, 3.63) is 81.5 Å². The zero-order chi connectivity index (χ0) is 39.3. The van der Waals surface area contributed by atoms with E-state index in [2.05, 4.69) is 27.0 Å². The summed E-state index contributed by atoms with van der Waals surface area (Å²) in [6, 6.07) is 15.0. The normalized spacial score (nSPS) is 24.4. The van der Waals surface area contributed by atoms with Gasteiger partial charge in [0, 0.05) is 95.7 Å². The number of hydrogen-bond donors (Lipinski definition) is 1. The van der Waals surface area contributed by atoms with Crippen LogP contribution in [0.3, 0.4) is 0 Å². The van der Waals surface area contributed by atoms with Crippen molar-refractivity contribution in [1.29, 1.82) is 5.26 Å². The van der Waals surface area contributed by atoms with E-state index in [9.17, 15) is 18.8 Å². The van der Waals surface area contributed by atoms with E-state index in [0.29, 0.717) is 58.4 Å². The molecule has 2 bridgehead atoms. The number of nitriles is 1. The maximum atomic E-state index is 17.3. The van der Waals surface area contributed by atoms with Gasteiger partial charge in [-0.25, -0.2) is 23.1 Å². The summed E-state index contributed by atoms with van der Waals surface area (Å²) in [5.41, 5.74) is 4.86. The molecule has 2 aliphatic carbocycles. The maximum absolute atomic E-state index is 17.3. The van der Waals surface area contributed by atoms with Gasteiger partial charge in [0.15, 0.2) is 5.82 Å². The van der Waals surface area contributed by atoms with Crippen molar-refractivity contribution in [3.8, 4) is 23.1 Å². The maximum Gasteiger partial charge on any atom is 0.244 e. The van der Waals surface area contributed by atoms with Gasteiger partial charge < -0.3 is 24.4 Å². The van der Waals surface area contributed by atoms with Gasteiger partial charge in [-0.2, -0.15) is 5.26 Å². The van der Waals surface area contributed by atoms with Crippen molar-refractivity contribution in [2.75, 3.05) is 31.1 Å². The zero-order valence-corrected chi connectivity index (χ0v) is 32.7. The van der Waals surface area contributed by atoms with Gasteiger partial charge >= 0.3 is 0 Å². The fraction of sp³-hybridized carbons (Fsp3) is 0.442. The highest BCUT2D eigenvalue weighted by atomic mass is 35.5. The lowest BCUT2D eigenvalue weighted by atomic mass is 9.79. The summed E-state index contributed by atoms with van der Waals surface area (Å²) in [6.07, 6.45) is 2.63. The fourth-order valence-corrected chi connectivity index (χ4v) is 10.2. The molecule has 7 heterocycles. The van der Waals surface area contributed by atoms with Crippen molar-refractivity contribution < 1.29 is 22.7 Å². The Morgan fingerprint density at radius 1 is 1.11 bits per heavy atom. The van der Waals surface area contributed by atoms with Crippen molar-refractivity contribution in [2.24, 2.45) is 17.8 Å². The lowest BCUT2D eigenvalue weighted by molar-refractivity contribution is -0.133. The lowest BCUT2D eigenvalue weighted by Gasteiger charge is -2.40. The molecule has 14 heteroatoms. The number of halogens is 5. The molecule has 0 radical (unpaired) electrons. The first-order valence-corrected chi connectivity index (χ1v) is 20.5. The van der Waals surface area contributed by atoms with E-state index in [1.165, 1.54) is 0 Å². The Morgan fingerprint density at radius 2 is 1.93 bits per heavy atom. The first kappa shape index (κ1) is 36.7. The second-order valence-electron chi connectivity index (χ2n) is 16.4. The number of nitrogens with zero attached hydrogens (tertiary/aromatic N) is 6. The van der Waals surface area contributed by atoms with Gasteiger partial charge in [0.05, 0.1) is 46.2 Å². The minimum absolute atomic E-state index is 0.0287. The number of pyridine rings is 2. The van der Waals surface area contributed by atoms with Crippen molar-refractivity contribution >= 4 is 56.6 Å². The lowest BCUT2D eigenvalue weighted by Crippen LogP contribution is -2.50. The molecule has 4 saturated heterocycles. The van der Waals surface area contributed by atoms with Gasteiger partial charge in [0.2, 0.25) is 18.2 Å². The molecule has 6 aliphatic rings. The van der Waals surface area contributed by atoms with Crippen LogP contribution in [0.5, 0.6) is 5.88 Å². The molecular weight excluding hydrogens is 774 g/mol. The largest absolute Gasteiger partial charge is 0.472 e. The van der Waals surface area contributed by atoms with E-state index in [0.717, 1.165) is 48.1 Å². The van der Waals surface area contributed by atoms with Crippen LogP contribution in [0.2, 0.25) is 10.0 Å². The van der Waals surface area contributed by atoms with Crippen LogP contribution in [-0.2, 0) is 11.2 Å². The van der Waals surface area contributed by atoms with Gasteiger partial charge in [-0.3, -0.25) is 4.79 Å². The SMILES string of the molecule is Cc1nc2c(F)c(-c3cccc(Cl)c3Cl)c(CCC#N)cc2c2c1cc(C1CC(Oc3cc(N4CC(C(F)F)C4)ccn3)CN1C(=O)C1CC1)n2C1C2CNC1C2. The number of rotatable bonds is 10. The van der Waals surface area contributed by atoms with Crippen LogP contribution in [0.25, 0.3) is 32.9 Å². The van der Waals surface area contributed by atoms with Gasteiger partial charge in [-0.05, 0) is 68.4 Å². The highest BCUT2D eigenvalue weighted by molar-refractivity contribution is 6.43. The Morgan fingerprint density at radius 3 is 2.65 bits per heavy atom. The van der Waals surface area contributed by atoms with Gasteiger partial charge in [0.25, 0.3) is 0 Å². The number of fused-ring (bicyclic) bond motifs is 4. The summed E-state index contributed by atoms with van der Waals surface area (Å²) in [5, 5.41) is 15.4. The van der Waals surface area contributed by atoms with Crippen molar-refractivity contribution in [1.82, 2.24) is 24.8 Å². The number of carbonyl (C=O) groups is 1. The van der Waals surface area contributed by atoms with Crippen LogP contribution >= 0.6 is 23.2 Å². The van der Waals surface area contributed by atoms with E-state index < -0.39 is 18.2 Å². The molecule has 11 rings (SSSR count). The molecule has 0 spiro atoms. The third-order valence-electron chi connectivity index (χ3n) is 12.9. The summed E-state index contributed by atoms with van der Waals surface area (Å²) >= 11 is 13.1. The summed E-state index contributed by atoms with van der Waals surface area (Å²) in [6.45, 7) is 3.69. The minimum Gasteiger partial charge on any atom is -0.472 e. The summed E-state index contributed by atoms with van der Waals surface area (Å²) in [7, 11) is 0. The molecule has 57 heavy (non-hydrogen) atoms. The number of benzene rings is 2. The molecule has 5 unspecified atom stereocenters. The molecule has 4 aliphatic heterocycles. The molecule has 1 N–H and O–H groups in total. The number of alkyl halides is 2. The van der Waals surface area contributed by atoms with Crippen LogP contribution < -0.4 is 15.0 Å². The Bertz CT molecular complexity index is 2480. The molecule has 3 aromatic heterocycles. The van der Waals surface area contributed by atoms with Crippen LogP contribution in [0.1, 0.15) is 61.1 Å². The highest BCUT2D eigenvalue weighted by Gasteiger charge is 2.51. The number of likely N-dealkylation sites (tertiary alicyclic amines) is 1. The highest BCUT2D eigenvalue weighted by Crippen LogP contribution is 2.51. The number of amides is 1. The Hall–Kier alpha value is -4.57. The first-order chi connectivity index (χ1) is 27.6. The molecule has 5 atom stereocenters. The second kappa shape index (κ2) is 14.1. The Labute approximate surface area is 337 Å².